The summed E-state index contributed by atoms with van der Waals surface area (Å²) in [6.07, 6.45) is 9.35. The zero-order valence-electron chi connectivity index (χ0n) is 26.2. The summed E-state index contributed by atoms with van der Waals surface area (Å²) in [5.74, 6) is 0. The fourth-order valence-electron chi connectivity index (χ4n) is 5.29. The molecule has 1 nitrogen and oxygen atoms in total. The van der Waals surface area contributed by atoms with E-state index in [2.05, 4.69) is 147 Å². The van der Waals surface area contributed by atoms with E-state index in [1.807, 2.05) is 44.2 Å². The Morgan fingerprint density at radius 2 is 1.16 bits per heavy atom. The van der Waals surface area contributed by atoms with Gasteiger partial charge in [0.1, 0.15) is 0 Å². The average molecular weight is 582 g/mol. The van der Waals surface area contributed by atoms with E-state index >= 15 is 0 Å². The van der Waals surface area contributed by atoms with Crippen LogP contribution in [-0.4, -0.2) is 5.71 Å². The highest BCUT2D eigenvalue weighted by Crippen LogP contribution is 2.28. The minimum atomic E-state index is 0.821. The first-order valence-corrected chi connectivity index (χ1v) is 15.3. The van der Waals surface area contributed by atoms with E-state index in [0.29, 0.717) is 0 Å². The van der Waals surface area contributed by atoms with E-state index < -0.39 is 0 Å². The third-order valence-electron chi connectivity index (χ3n) is 7.74. The molecule has 0 atom stereocenters. The van der Waals surface area contributed by atoms with Gasteiger partial charge >= 0.3 is 0 Å². The molecule has 0 aliphatic rings. The van der Waals surface area contributed by atoms with E-state index in [-0.39, 0.29) is 0 Å². The molecule has 0 unspecified atom stereocenters. The summed E-state index contributed by atoms with van der Waals surface area (Å²) in [5, 5.41) is 0. The highest BCUT2D eigenvalue weighted by Gasteiger charge is 2.07. The summed E-state index contributed by atoms with van der Waals surface area (Å²) in [6, 6.07) is 48.6. The number of benzene rings is 5. The Hall–Kier alpha value is -5.53. The van der Waals surface area contributed by atoms with Crippen LogP contribution in [0.25, 0.3) is 27.8 Å². The van der Waals surface area contributed by atoms with Gasteiger partial charge in [0.2, 0.25) is 0 Å². The SMILES string of the molecule is C=C/C(=C\C(=C/Cc1ccccc1)c1cccc(C(=C)/C=C(/C)N=C(C)c2ccccc2)c1)c1ccc(-c2ccccc2)cc1. The Balaban J connectivity index is 1.46. The van der Waals surface area contributed by atoms with E-state index in [4.69, 9.17) is 4.99 Å². The van der Waals surface area contributed by atoms with Crippen LogP contribution in [0.1, 0.15) is 41.7 Å². The van der Waals surface area contributed by atoms with Gasteiger partial charge in [0.05, 0.1) is 0 Å². The van der Waals surface area contributed by atoms with Crippen LogP contribution in [0.4, 0.5) is 0 Å². The van der Waals surface area contributed by atoms with Gasteiger partial charge in [-0.25, -0.2) is 0 Å². The fraction of sp³-hybridized carbons (Fsp3) is 0.0682. The van der Waals surface area contributed by atoms with Crippen molar-refractivity contribution in [1.82, 2.24) is 0 Å². The van der Waals surface area contributed by atoms with Crippen molar-refractivity contribution in [3.8, 4) is 11.1 Å². The van der Waals surface area contributed by atoms with Gasteiger partial charge in [0, 0.05) is 11.4 Å². The van der Waals surface area contributed by atoms with Crippen molar-refractivity contribution in [3.63, 3.8) is 0 Å². The van der Waals surface area contributed by atoms with Crippen LogP contribution in [0.5, 0.6) is 0 Å². The number of allylic oxidation sites excluding steroid dienone is 8. The number of hydrogen-bond donors (Lipinski definition) is 0. The second-order valence-corrected chi connectivity index (χ2v) is 11.1. The second-order valence-electron chi connectivity index (χ2n) is 11.1. The van der Waals surface area contributed by atoms with Crippen LogP contribution in [0.3, 0.4) is 0 Å². The molecule has 0 N–H and O–H groups in total. The van der Waals surface area contributed by atoms with Crippen molar-refractivity contribution in [2.45, 2.75) is 20.3 Å². The first-order valence-electron chi connectivity index (χ1n) is 15.3. The monoisotopic (exact) mass is 581 g/mol. The Bertz CT molecular complexity index is 1870. The molecule has 0 heterocycles. The molecule has 0 spiro atoms. The van der Waals surface area contributed by atoms with E-state index in [0.717, 1.165) is 56.8 Å². The van der Waals surface area contributed by atoms with Gasteiger partial charge in [-0.05, 0) is 94.2 Å². The van der Waals surface area contributed by atoms with Gasteiger partial charge in [0.25, 0.3) is 0 Å². The van der Waals surface area contributed by atoms with E-state index in [1.54, 1.807) is 0 Å². The first-order chi connectivity index (χ1) is 22.0. The van der Waals surface area contributed by atoms with E-state index in [1.165, 1.54) is 16.7 Å². The molecule has 5 aromatic rings. The maximum atomic E-state index is 4.83. The van der Waals surface area contributed by atoms with Crippen molar-refractivity contribution >= 4 is 22.4 Å². The summed E-state index contributed by atoms with van der Waals surface area (Å²) >= 11 is 0. The molecule has 5 rings (SSSR count). The minimum Gasteiger partial charge on any atom is -0.258 e. The third kappa shape index (κ3) is 8.53. The molecule has 0 aliphatic heterocycles. The zero-order chi connectivity index (χ0) is 31.4. The summed E-state index contributed by atoms with van der Waals surface area (Å²) in [6.45, 7) is 12.6. The molecule has 0 bridgehead atoms. The summed E-state index contributed by atoms with van der Waals surface area (Å²) in [5.41, 5.74) is 13.1. The predicted molar refractivity (Wildman–Crippen MR) is 196 cm³/mol. The van der Waals surface area contributed by atoms with Crippen LogP contribution >= 0.6 is 0 Å². The molecule has 5 aromatic carbocycles. The second kappa shape index (κ2) is 15.3. The molecule has 0 radical (unpaired) electrons. The van der Waals surface area contributed by atoms with Crippen LogP contribution < -0.4 is 0 Å². The Morgan fingerprint density at radius 1 is 0.578 bits per heavy atom. The Labute approximate surface area is 268 Å². The van der Waals surface area contributed by atoms with Crippen LogP contribution in [0, 0.1) is 0 Å². The lowest BCUT2D eigenvalue weighted by molar-refractivity contribution is 1.27. The Kier molecular flexibility index (Phi) is 10.5. The number of nitrogens with zero attached hydrogens (tertiary/aromatic N) is 1. The van der Waals surface area contributed by atoms with Gasteiger partial charge in [-0.3, -0.25) is 4.99 Å². The molecule has 0 saturated heterocycles. The van der Waals surface area contributed by atoms with Crippen molar-refractivity contribution in [2.24, 2.45) is 4.99 Å². The van der Waals surface area contributed by atoms with Crippen molar-refractivity contribution in [1.29, 1.82) is 0 Å². The van der Waals surface area contributed by atoms with Crippen molar-refractivity contribution in [3.05, 3.63) is 211 Å². The third-order valence-corrected chi connectivity index (χ3v) is 7.74. The van der Waals surface area contributed by atoms with Crippen LogP contribution in [-0.2, 0) is 6.42 Å². The molecule has 0 aliphatic carbocycles. The molecule has 0 amide bonds. The largest absolute Gasteiger partial charge is 0.258 e. The van der Waals surface area contributed by atoms with Gasteiger partial charge in [-0.1, -0.05) is 159 Å². The molecule has 0 fully saturated rings. The van der Waals surface area contributed by atoms with Crippen LogP contribution in [0.15, 0.2) is 188 Å². The number of rotatable bonds is 11. The summed E-state index contributed by atoms with van der Waals surface area (Å²) in [7, 11) is 0. The fourth-order valence-corrected chi connectivity index (χ4v) is 5.29. The summed E-state index contributed by atoms with van der Waals surface area (Å²) < 4.78 is 0. The number of hydrogen-bond acceptors (Lipinski definition) is 1. The molecular weight excluding hydrogens is 542 g/mol. The van der Waals surface area contributed by atoms with Gasteiger partial charge < -0.3 is 0 Å². The lowest BCUT2D eigenvalue weighted by Crippen LogP contribution is -1.94. The lowest BCUT2D eigenvalue weighted by Gasteiger charge is -2.11. The van der Waals surface area contributed by atoms with Crippen molar-refractivity contribution in [2.75, 3.05) is 0 Å². The Morgan fingerprint density at radius 3 is 1.82 bits per heavy atom. The molecule has 1 heteroatoms. The first kappa shape index (κ1) is 30.9. The molecule has 220 valence electrons. The lowest BCUT2D eigenvalue weighted by atomic mass is 9.94. The molecule has 0 saturated carbocycles. The number of aliphatic imine (C=N–C) groups is 1. The predicted octanol–water partition coefficient (Wildman–Crippen LogP) is 11.7. The maximum absolute atomic E-state index is 4.83. The summed E-state index contributed by atoms with van der Waals surface area (Å²) in [4.78, 5) is 4.83. The topological polar surface area (TPSA) is 12.4 Å². The minimum absolute atomic E-state index is 0.821. The highest BCUT2D eigenvalue weighted by atomic mass is 14.7. The van der Waals surface area contributed by atoms with Gasteiger partial charge in [-0.15, -0.1) is 0 Å². The molecule has 0 aromatic heterocycles. The van der Waals surface area contributed by atoms with Gasteiger partial charge in [-0.2, -0.15) is 0 Å². The normalized spacial score (nSPS) is 12.6. The molecular formula is C44H39N. The zero-order valence-corrected chi connectivity index (χ0v) is 26.2. The van der Waals surface area contributed by atoms with Crippen molar-refractivity contribution < 1.29 is 0 Å². The van der Waals surface area contributed by atoms with Gasteiger partial charge in [0.15, 0.2) is 0 Å². The van der Waals surface area contributed by atoms with Crippen LogP contribution in [0.2, 0.25) is 0 Å². The van der Waals surface area contributed by atoms with E-state index in [9.17, 15) is 0 Å². The average Bonchev–Trinajstić information content (AvgIpc) is 3.09. The smallest absolute Gasteiger partial charge is 0.0448 e. The molecule has 45 heavy (non-hydrogen) atoms. The quantitative estimate of drug-likeness (QED) is 0.109. The maximum Gasteiger partial charge on any atom is 0.0448 e. The highest BCUT2D eigenvalue weighted by molar-refractivity contribution is 5.99. The standard InChI is InChI=1S/C44H39N/c1-5-37(40-26-28-41(29-27-40)39-20-13-8-14-21-39)31-44(25-24-36-16-9-6-10-17-36)43-23-15-22-42(32-43)33(2)30-34(3)45-35(4)38-18-11-7-12-19-38/h5-23,25-32H,1-2,24H2,3-4H3/b34-30-,37-31+,44-25+,45-35?.